The van der Waals surface area contributed by atoms with Crippen molar-refractivity contribution in [3.05, 3.63) is 45.8 Å². The lowest BCUT2D eigenvalue weighted by Crippen LogP contribution is -2.49. The largest absolute Gasteiger partial charge is 0.497 e. The first kappa shape index (κ1) is 27.0. The first-order chi connectivity index (χ1) is 15.5. The van der Waals surface area contributed by atoms with E-state index >= 15 is 0 Å². The molecule has 0 radical (unpaired) electrons. The van der Waals surface area contributed by atoms with Crippen LogP contribution in [0.25, 0.3) is 0 Å². The predicted octanol–water partition coefficient (Wildman–Crippen LogP) is 4.96. The van der Waals surface area contributed by atoms with Crippen LogP contribution in [0.15, 0.2) is 24.3 Å². The number of carbonyl (C=O) groups is 3. The highest BCUT2D eigenvalue weighted by atomic mass is 35.6. The predicted molar refractivity (Wildman–Crippen MR) is 129 cm³/mol. The maximum absolute atomic E-state index is 12.7. The number of ether oxygens (including phenoxy) is 3. The Morgan fingerprint density at radius 2 is 1.61 bits per heavy atom. The lowest BCUT2D eigenvalue weighted by atomic mass is 10.1. The van der Waals surface area contributed by atoms with Crippen molar-refractivity contribution in [3.63, 3.8) is 0 Å². The standard InChI is InChI=1S/C21H23Cl3N2O6S/c1-5-31-18(28)14-11(3)15(19(29)32-6-2)33-17(14)26-20(21(22,23)24)25-16(27)12-7-9-13(30-4)10-8-12/h7-10,20,26H,5-6H2,1-4H3,(H,25,27)/t20-/m0/s1. The molecule has 180 valence electrons. The Morgan fingerprint density at radius 1 is 1.03 bits per heavy atom. The Balaban J connectivity index is 2.40. The number of methoxy groups -OCH3 is 1. The number of amides is 1. The molecule has 1 heterocycles. The minimum atomic E-state index is -2.02. The Hall–Kier alpha value is -2.20. The zero-order chi connectivity index (χ0) is 24.8. The van der Waals surface area contributed by atoms with Gasteiger partial charge in [-0.25, -0.2) is 9.59 Å². The zero-order valence-corrected chi connectivity index (χ0v) is 21.4. The zero-order valence-electron chi connectivity index (χ0n) is 18.3. The van der Waals surface area contributed by atoms with Crippen LogP contribution in [0.5, 0.6) is 5.75 Å². The average molecular weight is 538 g/mol. The van der Waals surface area contributed by atoms with Crippen LogP contribution in [-0.4, -0.2) is 48.1 Å². The normalized spacial score (nSPS) is 12.0. The van der Waals surface area contributed by atoms with Gasteiger partial charge in [0, 0.05) is 5.56 Å². The van der Waals surface area contributed by atoms with Crippen LogP contribution in [0.1, 0.15) is 49.8 Å². The van der Waals surface area contributed by atoms with E-state index in [-0.39, 0.29) is 34.2 Å². The number of esters is 2. The minimum Gasteiger partial charge on any atom is -0.497 e. The molecule has 0 bridgehead atoms. The van der Waals surface area contributed by atoms with Crippen LogP contribution in [0.4, 0.5) is 5.00 Å². The number of hydrogen-bond donors (Lipinski definition) is 2. The van der Waals surface area contributed by atoms with Crippen molar-refractivity contribution in [2.75, 3.05) is 25.6 Å². The molecule has 2 aromatic rings. The van der Waals surface area contributed by atoms with Crippen molar-refractivity contribution in [2.45, 2.75) is 30.7 Å². The lowest BCUT2D eigenvalue weighted by Gasteiger charge is -2.27. The third-order valence-corrected chi connectivity index (χ3v) is 6.18. The summed E-state index contributed by atoms with van der Waals surface area (Å²) in [6.45, 7) is 5.17. The summed E-state index contributed by atoms with van der Waals surface area (Å²) < 4.78 is 13.2. The van der Waals surface area contributed by atoms with E-state index in [1.165, 1.54) is 7.11 Å². The fourth-order valence-electron chi connectivity index (χ4n) is 2.74. The molecule has 0 spiro atoms. The molecule has 0 saturated heterocycles. The molecule has 0 aliphatic heterocycles. The van der Waals surface area contributed by atoms with E-state index < -0.39 is 27.8 Å². The van der Waals surface area contributed by atoms with Gasteiger partial charge in [-0.15, -0.1) is 11.3 Å². The summed E-state index contributed by atoms with van der Waals surface area (Å²) in [5.41, 5.74) is 0.726. The first-order valence-electron chi connectivity index (χ1n) is 9.79. The summed E-state index contributed by atoms with van der Waals surface area (Å²) in [6.07, 6.45) is -1.27. The number of benzene rings is 1. The van der Waals surface area contributed by atoms with E-state index in [1.807, 2.05) is 0 Å². The number of hydrogen-bond acceptors (Lipinski definition) is 8. The molecule has 0 aliphatic carbocycles. The summed E-state index contributed by atoms with van der Waals surface area (Å²) in [7, 11) is 1.51. The smallest absolute Gasteiger partial charge is 0.348 e. The maximum atomic E-state index is 12.7. The van der Waals surface area contributed by atoms with Gasteiger partial charge in [0.2, 0.25) is 3.79 Å². The van der Waals surface area contributed by atoms with Gasteiger partial charge in [0.15, 0.2) is 0 Å². The van der Waals surface area contributed by atoms with Gasteiger partial charge in [0.25, 0.3) is 5.91 Å². The van der Waals surface area contributed by atoms with Gasteiger partial charge < -0.3 is 24.8 Å². The number of thiophene rings is 1. The quantitative estimate of drug-likeness (QED) is 0.265. The van der Waals surface area contributed by atoms with Crippen molar-refractivity contribution in [2.24, 2.45) is 0 Å². The highest BCUT2D eigenvalue weighted by molar-refractivity contribution is 7.18. The van der Waals surface area contributed by atoms with E-state index in [1.54, 1.807) is 45.0 Å². The van der Waals surface area contributed by atoms with E-state index in [9.17, 15) is 14.4 Å². The number of halogens is 3. The second-order valence-corrected chi connectivity index (χ2v) is 9.91. The third-order valence-electron chi connectivity index (χ3n) is 4.32. The highest BCUT2D eigenvalue weighted by Crippen LogP contribution is 2.38. The van der Waals surface area contributed by atoms with Crippen LogP contribution in [0.3, 0.4) is 0 Å². The minimum absolute atomic E-state index is 0.0860. The molecule has 0 aliphatic rings. The fraction of sp³-hybridized carbons (Fsp3) is 0.381. The second-order valence-electron chi connectivity index (χ2n) is 6.52. The molecular formula is C21H23Cl3N2O6S. The molecule has 0 unspecified atom stereocenters. The molecule has 1 atom stereocenters. The Bertz CT molecular complexity index is 1000. The van der Waals surface area contributed by atoms with Gasteiger partial charge in [0.05, 0.1) is 25.9 Å². The SMILES string of the molecule is CCOC(=O)c1sc(N[C@H](NC(=O)c2ccc(OC)cc2)C(Cl)(Cl)Cl)c(C(=O)OCC)c1C. The molecule has 0 saturated carbocycles. The van der Waals surface area contributed by atoms with E-state index in [4.69, 9.17) is 49.0 Å². The van der Waals surface area contributed by atoms with Gasteiger partial charge in [-0.1, -0.05) is 34.8 Å². The summed E-state index contributed by atoms with van der Waals surface area (Å²) in [4.78, 5) is 37.9. The van der Waals surface area contributed by atoms with Gasteiger partial charge in [-0.3, -0.25) is 4.79 Å². The summed E-state index contributed by atoms with van der Waals surface area (Å²) >= 11 is 19.3. The number of rotatable bonds is 9. The first-order valence-corrected chi connectivity index (χ1v) is 11.7. The van der Waals surface area contributed by atoms with Crippen molar-refractivity contribution < 1.29 is 28.6 Å². The molecule has 0 fully saturated rings. The summed E-state index contributed by atoms with van der Waals surface area (Å²) in [5.74, 6) is -1.25. The van der Waals surface area contributed by atoms with Gasteiger partial charge in [0.1, 0.15) is 21.8 Å². The fourth-order valence-corrected chi connectivity index (χ4v) is 4.19. The number of carbonyl (C=O) groups excluding carboxylic acids is 3. The molecule has 2 rings (SSSR count). The monoisotopic (exact) mass is 536 g/mol. The topological polar surface area (TPSA) is 103 Å². The molecule has 2 N–H and O–H groups in total. The molecule has 12 heteroatoms. The molecule has 1 amide bonds. The van der Waals surface area contributed by atoms with Crippen molar-refractivity contribution >= 4 is 69.0 Å². The second kappa shape index (κ2) is 11.8. The molecule has 33 heavy (non-hydrogen) atoms. The van der Waals surface area contributed by atoms with Crippen LogP contribution < -0.4 is 15.4 Å². The van der Waals surface area contributed by atoms with Crippen LogP contribution in [0, 0.1) is 6.92 Å². The summed E-state index contributed by atoms with van der Waals surface area (Å²) in [6, 6.07) is 6.31. The Kier molecular flexibility index (Phi) is 9.66. The maximum Gasteiger partial charge on any atom is 0.348 e. The highest BCUT2D eigenvalue weighted by Gasteiger charge is 2.37. The third kappa shape index (κ3) is 6.89. The Labute approximate surface area is 210 Å². The molecular weight excluding hydrogens is 515 g/mol. The van der Waals surface area contributed by atoms with Crippen LogP contribution in [0.2, 0.25) is 0 Å². The van der Waals surface area contributed by atoms with Gasteiger partial charge >= 0.3 is 11.9 Å². The van der Waals surface area contributed by atoms with E-state index in [2.05, 4.69) is 10.6 Å². The average Bonchev–Trinajstić information content (AvgIpc) is 3.09. The van der Waals surface area contributed by atoms with Crippen molar-refractivity contribution in [1.82, 2.24) is 5.32 Å². The van der Waals surface area contributed by atoms with Gasteiger partial charge in [-0.2, -0.15) is 0 Å². The van der Waals surface area contributed by atoms with Crippen LogP contribution in [-0.2, 0) is 9.47 Å². The number of alkyl halides is 3. The Morgan fingerprint density at radius 3 is 2.12 bits per heavy atom. The summed E-state index contributed by atoms with van der Waals surface area (Å²) in [5, 5.41) is 5.64. The van der Waals surface area contributed by atoms with Gasteiger partial charge in [-0.05, 0) is 50.6 Å². The molecule has 1 aromatic carbocycles. The molecule has 1 aromatic heterocycles. The van der Waals surface area contributed by atoms with E-state index in [0.29, 0.717) is 11.3 Å². The van der Waals surface area contributed by atoms with Crippen molar-refractivity contribution in [1.29, 1.82) is 0 Å². The van der Waals surface area contributed by atoms with Crippen molar-refractivity contribution in [3.8, 4) is 5.75 Å². The number of nitrogens with one attached hydrogen (secondary N) is 2. The van der Waals surface area contributed by atoms with Crippen LogP contribution >= 0.6 is 46.1 Å². The molecule has 8 nitrogen and oxygen atoms in total. The number of anilines is 1. The van der Waals surface area contributed by atoms with E-state index in [0.717, 1.165) is 11.3 Å². The lowest BCUT2D eigenvalue weighted by molar-refractivity contribution is 0.0527.